The van der Waals surface area contributed by atoms with Gasteiger partial charge in [0, 0.05) is 11.3 Å². The monoisotopic (exact) mass is 306 g/mol. The second-order valence-electron chi connectivity index (χ2n) is 4.66. The Hall–Kier alpha value is -0.560. The molecule has 0 aromatic rings. The van der Waals surface area contributed by atoms with Crippen LogP contribution in [0.1, 0.15) is 25.7 Å². The molecule has 1 saturated carbocycles. The van der Waals surface area contributed by atoms with Crippen molar-refractivity contribution in [3.8, 4) is 0 Å². The van der Waals surface area contributed by atoms with Crippen molar-refractivity contribution >= 4 is 35.5 Å². The van der Waals surface area contributed by atoms with Crippen LogP contribution in [0, 0.1) is 0 Å². The van der Waals surface area contributed by atoms with Gasteiger partial charge in [0.15, 0.2) is 0 Å². The Morgan fingerprint density at radius 3 is 2.63 bits per heavy atom. The average Bonchev–Trinajstić information content (AvgIpc) is 2.81. The van der Waals surface area contributed by atoms with Crippen LogP contribution < -0.4 is 10.6 Å². The number of aliphatic carboxylic acids is 1. The highest BCUT2D eigenvalue weighted by Crippen LogP contribution is 2.27. The summed E-state index contributed by atoms with van der Waals surface area (Å²) in [4.78, 5) is 22.8. The summed E-state index contributed by atoms with van der Waals surface area (Å²) in [6.07, 6.45) is 7.50. The lowest BCUT2D eigenvalue weighted by molar-refractivity contribution is -0.139. The Morgan fingerprint density at radius 1 is 1.37 bits per heavy atom. The van der Waals surface area contributed by atoms with E-state index in [1.165, 1.54) is 0 Å². The number of nitrogens with one attached hydrogen (secondary N) is 2. The number of hydrogen-bond donors (Lipinski definition) is 3. The van der Waals surface area contributed by atoms with Crippen LogP contribution in [0.3, 0.4) is 0 Å². The Labute approximate surface area is 122 Å². The predicted octanol–water partition coefficient (Wildman–Crippen LogP) is 1.78. The molecular formula is C12H22N2O3S2. The van der Waals surface area contributed by atoms with Crippen molar-refractivity contribution in [2.24, 2.45) is 0 Å². The summed E-state index contributed by atoms with van der Waals surface area (Å²) < 4.78 is 0. The lowest BCUT2D eigenvalue weighted by Crippen LogP contribution is -2.48. The van der Waals surface area contributed by atoms with Crippen molar-refractivity contribution in [1.82, 2.24) is 10.6 Å². The number of carboxylic acids is 1. The van der Waals surface area contributed by atoms with Gasteiger partial charge in [-0.2, -0.15) is 23.5 Å². The summed E-state index contributed by atoms with van der Waals surface area (Å²) in [5.74, 6) is -0.257. The van der Waals surface area contributed by atoms with E-state index in [1.807, 2.05) is 18.0 Å². The highest BCUT2D eigenvalue weighted by atomic mass is 32.2. The normalized spacial score (nSPS) is 23.9. The van der Waals surface area contributed by atoms with E-state index in [2.05, 4.69) is 16.9 Å². The maximum atomic E-state index is 11.8. The summed E-state index contributed by atoms with van der Waals surface area (Å²) in [5.41, 5.74) is 0. The van der Waals surface area contributed by atoms with Gasteiger partial charge < -0.3 is 15.7 Å². The van der Waals surface area contributed by atoms with Gasteiger partial charge in [-0.05, 0) is 43.9 Å². The molecule has 1 aliphatic rings. The number of carbonyl (C=O) groups excluding carboxylic acids is 1. The first-order valence-corrected chi connectivity index (χ1v) is 9.06. The van der Waals surface area contributed by atoms with Gasteiger partial charge in [0.05, 0.1) is 0 Å². The fraction of sp³-hybridized carbons (Fsp3) is 0.833. The molecule has 0 spiro atoms. The summed E-state index contributed by atoms with van der Waals surface area (Å²) in [7, 11) is 0. The standard InChI is InChI=1S/C12H22N2O3S2/c1-18-6-5-10(11(15)16)14-12(17)13-8-3-4-9(7-8)19-2/h8-10H,3-7H2,1-2H3,(H,15,16)(H2,13,14,17)/t8?,9?,10-/m1/s1. The van der Waals surface area contributed by atoms with Crippen molar-refractivity contribution in [3.63, 3.8) is 0 Å². The third-order valence-electron chi connectivity index (χ3n) is 3.27. The molecule has 3 atom stereocenters. The van der Waals surface area contributed by atoms with Crippen LogP contribution in [-0.4, -0.2) is 52.7 Å². The third kappa shape index (κ3) is 5.95. The van der Waals surface area contributed by atoms with E-state index >= 15 is 0 Å². The molecule has 0 aromatic heterocycles. The van der Waals surface area contributed by atoms with Crippen LogP contribution in [0.5, 0.6) is 0 Å². The van der Waals surface area contributed by atoms with Crippen molar-refractivity contribution < 1.29 is 14.7 Å². The van der Waals surface area contributed by atoms with Crippen molar-refractivity contribution in [2.75, 3.05) is 18.3 Å². The van der Waals surface area contributed by atoms with Crippen LogP contribution in [0.15, 0.2) is 0 Å². The molecule has 2 unspecified atom stereocenters. The van der Waals surface area contributed by atoms with E-state index in [1.54, 1.807) is 11.8 Å². The molecule has 5 nitrogen and oxygen atoms in total. The Bertz CT molecular complexity index is 315. The summed E-state index contributed by atoms with van der Waals surface area (Å²) in [6.45, 7) is 0. The molecule has 19 heavy (non-hydrogen) atoms. The Kier molecular flexibility index (Phi) is 7.45. The zero-order chi connectivity index (χ0) is 14.3. The zero-order valence-electron chi connectivity index (χ0n) is 11.3. The summed E-state index contributed by atoms with van der Waals surface area (Å²) >= 11 is 3.40. The first-order chi connectivity index (χ1) is 9.06. The fourth-order valence-electron chi connectivity index (χ4n) is 2.16. The SMILES string of the molecule is CSCC[C@@H](NC(=O)NC1CCC(SC)C1)C(=O)O. The van der Waals surface area contributed by atoms with Crippen LogP contribution in [0.4, 0.5) is 4.79 Å². The van der Waals surface area contributed by atoms with E-state index in [-0.39, 0.29) is 12.1 Å². The molecule has 1 fully saturated rings. The largest absolute Gasteiger partial charge is 0.480 e. The maximum absolute atomic E-state index is 11.8. The summed E-state index contributed by atoms with van der Waals surface area (Å²) in [6, 6.07) is -0.988. The lowest BCUT2D eigenvalue weighted by Gasteiger charge is -2.17. The maximum Gasteiger partial charge on any atom is 0.326 e. The number of rotatable bonds is 7. The number of hydrogen-bond acceptors (Lipinski definition) is 4. The second-order valence-corrected chi connectivity index (χ2v) is 6.78. The highest BCUT2D eigenvalue weighted by molar-refractivity contribution is 7.99. The van der Waals surface area contributed by atoms with Gasteiger partial charge in [-0.15, -0.1) is 0 Å². The number of urea groups is 1. The highest BCUT2D eigenvalue weighted by Gasteiger charge is 2.26. The molecule has 0 heterocycles. The summed E-state index contributed by atoms with van der Waals surface area (Å²) in [5, 5.41) is 15.1. The van der Waals surface area contributed by atoms with Crippen LogP contribution in [-0.2, 0) is 4.79 Å². The van der Waals surface area contributed by atoms with Gasteiger partial charge >= 0.3 is 12.0 Å². The molecule has 2 amide bonds. The minimum absolute atomic E-state index is 0.174. The molecule has 7 heteroatoms. The number of amides is 2. The molecular weight excluding hydrogens is 284 g/mol. The number of thioether (sulfide) groups is 2. The fourth-order valence-corrected chi connectivity index (χ4v) is 3.43. The smallest absolute Gasteiger partial charge is 0.326 e. The zero-order valence-corrected chi connectivity index (χ0v) is 13.0. The molecule has 0 saturated heterocycles. The first-order valence-electron chi connectivity index (χ1n) is 6.38. The molecule has 3 N–H and O–H groups in total. The van der Waals surface area contributed by atoms with Gasteiger partial charge in [-0.3, -0.25) is 0 Å². The quantitative estimate of drug-likeness (QED) is 0.668. The third-order valence-corrected chi connectivity index (χ3v) is 5.01. The topological polar surface area (TPSA) is 78.4 Å². The molecule has 0 aliphatic heterocycles. The van der Waals surface area contributed by atoms with Crippen LogP contribution in [0.25, 0.3) is 0 Å². The average molecular weight is 306 g/mol. The van der Waals surface area contributed by atoms with E-state index in [4.69, 9.17) is 5.11 Å². The van der Waals surface area contributed by atoms with Gasteiger partial charge in [0.25, 0.3) is 0 Å². The van der Waals surface area contributed by atoms with Gasteiger partial charge in [0.2, 0.25) is 0 Å². The van der Waals surface area contributed by atoms with E-state index in [0.29, 0.717) is 11.7 Å². The van der Waals surface area contributed by atoms with Gasteiger partial charge in [0.1, 0.15) is 6.04 Å². The molecule has 1 rings (SSSR count). The minimum atomic E-state index is -0.974. The first kappa shape index (κ1) is 16.5. The van der Waals surface area contributed by atoms with E-state index in [0.717, 1.165) is 25.0 Å². The molecule has 110 valence electrons. The lowest BCUT2D eigenvalue weighted by atomic mass is 10.2. The predicted molar refractivity (Wildman–Crippen MR) is 81.0 cm³/mol. The van der Waals surface area contributed by atoms with Gasteiger partial charge in [-0.1, -0.05) is 0 Å². The van der Waals surface area contributed by atoms with Crippen LogP contribution in [0.2, 0.25) is 0 Å². The van der Waals surface area contributed by atoms with E-state index < -0.39 is 12.0 Å². The van der Waals surface area contributed by atoms with Crippen LogP contribution >= 0.6 is 23.5 Å². The molecule has 1 aliphatic carbocycles. The number of carboxylic acid groups (broad SMARTS) is 1. The van der Waals surface area contributed by atoms with Crippen molar-refractivity contribution in [1.29, 1.82) is 0 Å². The van der Waals surface area contributed by atoms with Gasteiger partial charge in [-0.25, -0.2) is 9.59 Å². The molecule has 0 bridgehead atoms. The second kappa shape index (κ2) is 8.58. The minimum Gasteiger partial charge on any atom is -0.480 e. The van der Waals surface area contributed by atoms with Crippen molar-refractivity contribution in [2.45, 2.75) is 43.0 Å². The Balaban J connectivity index is 2.34. The number of carbonyl (C=O) groups is 2. The molecule has 0 radical (unpaired) electrons. The van der Waals surface area contributed by atoms with Crippen molar-refractivity contribution in [3.05, 3.63) is 0 Å². The Morgan fingerprint density at radius 2 is 2.11 bits per heavy atom. The van der Waals surface area contributed by atoms with E-state index in [9.17, 15) is 9.59 Å². The molecule has 0 aromatic carbocycles.